The van der Waals surface area contributed by atoms with E-state index in [-0.39, 0.29) is 11.8 Å². The molecular formula is C20H25ClN4O. The summed E-state index contributed by atoms with van der Waals surface area (Å²) in [4.78, 5) is 21.6. The molecule has 1 N–H and O–H groups in total. The predicted octanol–water partition coefficient (Wildman–Crippen LogP) is 3.99. The van der Waals surface area contributed by atoms with Crippen LogP contribution >= 0.6 is 11.6 Å². The number of hydrogen-bond donors (Lipinski definition) is 1. The molecule has 1 aliphatic heterocycles. The number of halogens is 1. The molecule has 1 fully saturated rings. The fourth-order valence-electron chi connectivity index (χ4n) is 3.09. The lowest BCUT2D eigenvalue weighted by atomic mass is 9.98. The summed E-state index contributed by atoms with van der Waals surface area (Å²) in [6.45, 7) is 7.53. The van der Waals surface area contributed by atoms with E-state index in [1.807, 2.05) is 35.2 Å². The summed E-state index contributed by atoms with van der Waals surface area (Å²) >= 11 is 6.04. The van der Waals surface area contributed by atoms with Gasteiger partial charge in [-0.25, -0.2) is 4.98 Å². The molecule has 1 saturated heterocycles. The summed E-state index contributed by atoms with van der Waals surface area (Å²) in [5, 5.41) is 3.93. The number of rotatable bonds is 4. The lowest BCUT2D eigenvalue weighted by Crippen LogP contribution is -2.47. The molecule has 6 heteroatoms. The van der Waals surface area contributed by atoms with Gasteiger partial charge < -0.3 is 15.1 Å². The van der Waals surface area contributed by atoms with Crippen LogP contribution in [0.15, 0.2) is 36.5 Å². The van der Waals surface area contributed by atoms with Crippen molar-refractivity contribution in [3.63, 3.8) is 0 Å². The number of pyridine rings is 1. The SMILES string of the molecule is CC(C)c1cc(Nc2cccc(Cl)c2)ncc1C(=O)N1CCN(C)CC1. The van der Waals surface area contributed by atoms with Crippen molar-refractivity contribution in [2.75, 3.05) is 38.5 Å². The normalized spacial score (nSPS) is 15.3. The molecule has 1 aromatic heterocycles. The summed E-state index contributed by atoms with van der Waals surface area (Å²) < 4.78 is 0. The van der Waals surface area contributed by atoms with Crippen molar-refractivity contribution >= 4 is 29.0 Å². The van der Waals surface area contributed by atoms with Crippen LogP contribution < -0.4 is 5.32 Å². The van der Waals surface area contributed by atoms with Gasteiger partial charge in [0, 0.05) is 43.1 Å². The molecule has 0 bridgehead atoms. The molecule has 5 nitrogen and oxygen atoms in total. The van der Waals surface area contributed by atoms with Crippen LogP contribution in [0.2, 0.25) is 5.02 Å². The summed E-state index contributed by atoms with van der Waals surface area (Å²) in [5.41, 5.74) is 2.58. The lowest BCUT2D eigenvalue weighted by molar-refractivity contribution is 0.0662. The average molecular weight is 373 g/mol. The van der Waals surface area contributed by atoms with Crippen LogP contribution in [0, 0.1) is 0 Å². The Kier molecular flexibility index (Phi) is 5.79. The molecule has 138 valence electrons. The lowest BCUT2D eigenvalue weighted by Gasteiger charge is -2.33. The first-order chi connectivity index (χ1) is 12.4. The van der Waals surface area contributed by atoms with Gasteiger partial charge >= 0.3 is 0 Å². The van der Waals surface area contributed by atoms with Crippen LogP contribution in [0.1, 0.15) is 35.7 Å². The van der Waals surface area contributed by atoms with E-state index < -0.39 is 0 Å². The average Bonchev–Trinajstić information content (AvgIpc) is 2.62. The molecule has 2 heterocycles. The zero-order valence-electron chi connectivity index (χ0n) is 15.5. The number of nitrogens with one attached hydrogen (secondary N) is 1. The van der Waals surface area contributed by atoms with Crippen molar-refractivity contribution in [2.24, 2.45) is 0 Å². The number of amides is 1. The molecule has 0 radical (unpaired) electrons. The fraction of sp³-hybridized carbons (Fsp3) is 0.400. The summed E-state index contributed by atoms with van der Waals surface area (Å²) in [6.07, 6.45) is 1.70. The van der Waals surface area contributed by atoms with Gasteiger partial charge in [0.05, 0.1) is 5.56 Å². The first-order valence-electron chi connectivity index (χ1n) is 8.94. The van der Waals surface area contributed by atoms with E-state index >= 15 is 0 Å². The van der Waals surface area contributed by atoms with Crippen LogP contribution in [0.25, 0.3) is 0 Å². The third-order valence-electron chi connectivity index (χ3n) is 4.68. The van der Waals surface area contributed by atoms with Crippen LogP contribution in [-0.2, 0) is 0 Å². The highest BCUT2D eigenvalue weighted by Gasteiger charge is 2.24. The molecule has 0 unspecified atom stereocenters. The summed E-state index contributed by atoms with van der Waals surface area (Å²) in [5.74, 6) is 1.01. The number of benzene rings is 1. The Bertz CT molecular complexity index is 785. The molecule has 2 aromatic rings. The van der Waals surface area contributed by atoms with Crippen LogP contribution in [0.5, 0.6) is 0 Å². The number of aromatic nitrogens is 1. The van der Waals surface area contributed by atoms with Crippen molar-refractivity contribution in [3.8, 4) is 0 Å². The first kappa shape index (κ1) is 18.7. The maximum absolute atomic E-state index is 13.0. The standard InChI is InChI=1S/C20H25ClN4O/c1-14(2)17-12-19(23-16-6-4-5-15(21)11-16)22-13-18(17)20(26)25-9-7-24(3)8-10-25/h4-6,11-14H,7-10H2,1-3H3,(H,22,23). The molecule has 0 saturated carbocycles. The smallest absolute Gasteiger partial charge is 0.255 e. The Morgan fingerprint density at radius 3 is 2.58 bits per heavy atom. The first-order valence-corrected chi connectivity index (χ1v) is 9.32. The third kappa shape index (κ3) is 4.34. The fourth-order valence-corrected chi connectivity index (χ4v) is 3.28. The Balaban J connectivity index is 1.83. The van der Waals surface area contributed by atoms with Crippen molar-refractivity contribution in [3.05, 3.63) is 52.7 Å². The minimum atomic E-state index is 0.0728. The zero-order valence-corrected chi connectivity index (χ0v) is 16.3. The molecule has 1 amide bonds. The van der Waals surface area contributed by atoms with E-state index in [4.69, 9.17) is 11.6 Å². The van der Waals surface area contributed by atoms with Gasteiger partial charge in [0.25, 0.3) is 5.91 Å². The monoisotopic (exact) mass is 372 g/mol. The van der Waals surface area contributed by atoms with Gasteiger partial charge in [-0.15, -0.1) is 0 Å². The van der Waals surface area contributed by atoms with Gasteiger partial charge in [0.15, 0.2) is 0 Å². The van der Waals surface area contributed by atoms with E-state index in [1.165, 1.54) is 0 Å². The number of likely N-dealkylation sites (N-methyl/N-ethyl adjacent to an activating group) is 1. The van der Waals surface area contributed by atoms with Gasteiger partial charge in [-0.1, -0.05) is 31.5 Å². The molecule has 1 aromatic carbocycles. The largest absolute Gasteiger partial charge is 0.340 e. The van der Waals surface area contributed by atoms with Gasteiger partial charge in [-0.3, -0.25) is 4.79 Å². The minimum absolute atomic E-state index is 0.0728. The van der Waals surface area contributed by atoms with Crippen LogP contribution in [0.3, 0.4) is 0 Å². The van der Waals surface area contributed by atoms with Gasteiger partial charge in [0.2, 0.25) is 0 Å². The topological polar surface area (TPSA) is 48.5 Å². The minimum Gasteiger partial charge on any atom is -0.340 e. The number of nitrogens with zero attached hydrogens (tertiary/aromatic N) is 3. The predicted molar refractivity (Wildman–Crippen MR) is 106 cm³/mol. The van der Waals surface area contributed by atoms with E-state index in [0.29, 0.717) is 16.4 Å². The highest BCUT2D eigenvalue weighted by molar-refractivity contribution is 6.30. The van der Waals surface area contributed by atoms with Crippen molar-refractivity contribution in [1.82, 2.24) is 14.8 Å². The van der Waals surface area contributed by atoms with Gasteiger partial charge in [0.1, 0.15) is 5.82 Å². The highest BCUT2D eigenvalue weighted by atomic mass is 35.5. The second-order valence-electron chi connectivity index (χ2n) is 7.04. The molecule has 26 heavy (non-hydrogen) atoms. The molecule has 3 rings (SSSR count). The Morgan fingerprint density at radius 1 is 1.19 bits per heavy atom. The molecule has 1 aliphatic rings. The van der Waals surface area contributed by atoms with Crippen LogP contribution in [0.4, 0.5) is 11.5 Å². The van der Waals surface area contributed by atoms with Gasteiger partial charge in [-0.2, -0.15) is 0 Å². The van der Waals surface area contributed by atoms with Crippen molar-refractivity contribution in [1.29, 1.82) is 0 Å². The number of piperazine rings is 1. The zero-order chi connectivity index (χ0) is 18.7. The molecular weight excluding hydrogens is 348 g/mol. The summed E-state index contributed by atoms with van der Waals surface area (Å²) in [6, 6.07) is 9.47. The Labute approximate surface area is 160 Å². The second-order valence-corrected chi connectivity index (χ2v) is 7.48. The van der Waals surface area contributed by atoms with Gasteiger partial charge in [-0.05, 0) is 42.8 Å². The van der Waals surface area contributed by atoms with E-state index in [9.17, 15) is 4.79 Å². The number of carbonyl (C=O) groups excluding carboxylic acids is 1. The van der Waals surface area contributed by atoms with Crippen LogP contribution in [-0.4, -0.2) is 53.9 Å². The highest BCUT2D eigenvalue weighted by Crippen LogP contribution is 2.26. The van der Waals surface area contributed by atoms with E-state index in [1.54, 1.807) is 6.20 Å². The summed E-state index contributed by atoms with van der Waals surface area (Å²) in [7, 11) is 2.08. The second kappa shape index (κ2) is 8.06. The van der Waals surface area contributed by atoms with E-state index in [0.717, 1.165) is 37.4 Å². The van der Waals surface area contributed by atoms with E-state index in [2.05, 4.69) is 36.1 Å². The maximum Gasteiger partial charge on any atom is 0.255 e. The molecule has 0 spiro atoms. The third-order valence-corrected chi connectivity index (χ3v) is 4.91. The quantitative estimate of drug-likeness (QED) is 0.881. The molecule has 0 aliphatic carbocycles. The number of anilines is 2. The number of hydrogen-bond acceptors (Lipinski definition) is 4. The number of carbonyl (C=O) groups is 1. The van der Waals surface area contributed by atoms with Crippen molar-refractivity contribution in [2.45, 2.75) is 19.8 Å². The molecule has 0 atom stereocenters. The Morgan fingerprint density at radius 2 is 1.92 bits per heavy atom. The van der Waals surface area contributed by atoms with Crippen molar-refractivity contribution < 1.29 is 4.79 Å². The maximum atomic E-state index is 13.0. The Hall–Kier alpha value is -2.11.